The van der Waals surface area contributed by atoms with E-state index in [4.69, 9.17) is 0 Å². The van der Waals surface area contributed by atoms with Crippen molar-refractivity contribution >= 4 is 5.78 Å². The zero-order chi connectivity index (χ0) is 13.2. The van der Waals surface area contributed by atoms with E-state index >= 15 is 0 Å². The summed E-state index contributed by atoms with van der Waals surface area (Å²) in [6.07, 6.45) is 4.42. The lowest BCUT2D eigenvalue weighted by Gasteiger charge is -2.22. The van der Waals surface area contributed by atoms with Crippen molar-refractivity contribution in [1.82, 2.24) is 24.9 Å². The van der Waals surface area contributed by atoms with Gasteiger partial charge < -0.3 is 5.32 Å². The summed E-state index contributed by atoms with van der Waals surface area (Å²) in [6, 6.07) is 1.62. The van der Waals surface area contributed by atoms with Gasteiger partial charge in [0.25, 0.3) is 11.3 Å². The molecule has 6 nitrogen and oxygen atoms in total. The molecular formula is C13H19N5O. The highest BCUT2D eigenvalue weighted by Crippen LogP contribution is 2.17. The normalized spacial score (nSPS) is 17.1. The van der Waals surface area contributed by atoms with Gasteiger partial charge in [-0.05, 0) is 51.6 Å². The molecule has 1 aliphatic heterocycles. The number of aromatic amines is 1. The van der Waals surface area contributed by atoms with Crippen molar-refractivity contribution < 1.29 is 0 Å². The standard InChI is InChI=1S/C13H19N5O/c1-9-15-13-16-11(8-12(19)18(13)17-9)3-2-10-4-6-14-7-5-10/h8,10,14H,2-7H2,1H3,(H,15,16,17). The van der Waals surface area contributed by atoms with E-state index in [0.717, 1.165) is 37.5 Å². The molecule has 2 aromatic heterocycles. The molecule has 2 N–H and O–H groups in total. The van der Waals surface area contributed by atoms with E-state index in [1.54, 1.807) is 6.07 Å². The second-order valence-electron chi connectivity index (χ2n) is 5.26. The van der Waals surface area contributed by atoms with Crippen molar-refractivity contribution in [2.75, 3.05) is 13.1 Å². The fraction of sp³-hybridized carbons (Fsp3) is 0.615. The van der Waals surface area contributed by atoms with Gasteiger partial charge in [-0.25, -0.2) is 4.98 Å². The number of fused-ring (bicyclic) bond motifs is 1. The number of hydrogen-bond acceptors (Lipinski definition) is 4. The Balaban J connectivity index is 1.75. The van der Waals surface area contributed by atoms with Crippen LogP contribution >= 0.6 is 0 Å². The Hall–Kier alpha value is -1.69. The van der Waals surface area contributed by atoms with Gasteiger partial charge in [-0.1, -0.05) is 0 Å². The fourth-order valence-electron chi connectivity index (χ4n) is 2.68. The predicted octanol–water partition coefficient (Wildman–Crippen LogP) is 0.658. The van der Waals surface area contributed by atoms with Crippen molar-refractivity contribution in [2.24, 2.45) is 5.92 Å². The molecule has 1 fully saturated rings. The maximum atomic E-state index is 11.9. The molecule has 0 radical (unpaired) electrons. The minimum atomic E-state index is -0.0779. The van der Waals surface area contributed by atoms with E-state index in [2.05, 4.69) is 20.4 Å². The summed E-state index contributed by atoms with van der Waals surface area (Å²) in [5, 5.41) is 6.25. The van der Waals surface area contributed by atoms with Gasteiger partial charge in [-0.15, -0.1) is 0 Å². The van der Waals surface area contributed by atoms with Crippen LogP contribution in [0.25, 0.3) is 5.78 Å². The van der Waals surface area contributed by atoms with E-state index in [1.807, 2.05) is 6.92 Å². The number of H-pyrrole nitrogens is 1. The zero-order valence-corrected chi connectivity index (χ0v) is 11.1. The van der Waals surface area contributed by atoms with Gasteiger partial charge in [0, 0.05) is 6.07 Å². The molecule has 1 aliphatic rings. The Bertz CT molecular complexity index is 623. The summed E-state index contributed by atoms with van der Waals surface area (Å²) in [4.78, 5) is 20.6. The van der Waals surface area contributed by atoms with Crippen molar-refractivity contribution in [1.29, 1.82) is 0 Å². The van der Waals surface area contributed by atoms with Crippen molar-refractivity contribution in [2.45, 2.75) is 32.6 Å². The average molecular weight is 261 g/mol. The minimum absolute atomic E-state index is 0.0779. The van der Waals surface area contributed by atoms with Crippen LogP contribution in [0.1, 0.15) is 30.8 Å². The molecule has 0 spiro atoms. The molecule has 0 aromatic carbocycles. The van der Waals surface area contributed by atoms with Crippen LogP contribution in [0.5, 0.6) is 0 Å². The number of aryl methyl sites for hydroxylation is 2. The largest absolute Gasteiger partial charge is 0.317 e. The first-order valence-corrected chi connectivity index (χ1v) is 6.88. The minimum Gasteiger partial charge on any atom is -0.317 e. The molecule has 0 aliphatic carbocycles. The molecule has 1 saturated heterocycles. The van der Waals surface area contributed by atoms with Gasteiger partial charge in [-0.3, -0.25) is 9.89 Å². The Morgan fingerprint density at radius 2 is 2.16 bits per heavy atom. The lowest BCUT2D eigenvalue weighted by molar-refractivity contribution is 0.353. The monoisotopic (exact) mass is 261 g/mol. The molecule has 0 unspecified atom stereocenters. The van der Waals surface area contributed by atoms with Crippen LogP contribution < -0.4 is 10.9 Å². The van der Waals surface area contributed by atoms with Gasteiger partial charge in [0.15, 0.2) is 0 Å². The van der Waals surface area contributed by atoms with E-state index < -0.39 is 0 Å². The third-order valence-corrected chi connectivity index (χ3v) is 3.76. The van der Waals surface area contributed by atoms with Gasteiger partial charge in [0.05, 0.1) is 5.69 Å². The lowest BCUT2D eigenvalue weighted by Crippen LogP contribution is -2.28. The first kappa shape index (κ1) is 12.3. The highest BCUT2D eigenvalue weighted by molar-refractivity contribution is 5.27. The molecule has 3 rings (SSSR count). The topological polar surface area (TPSA) is 75.1 Å². The van der Waals surface area contributed by atoms with Crippen LogP contribution in [0.4, 0.5) is 0 Å². The van der Waals surface area contributed by atoms with Crippen molar-refractivity contribution in [3.05, 3.63) is 27.9 Å². The molecule has 6 heteroatoms. The van der Waals surface area contributed by atoms with E-state index in [0.29, 0.717) is 11.6 Å². The Labute approximate surface area is 111 Å². The molecule has 19 heavy (non-hydrogen) atoms. The SMILES string of the molecule is Cc1nc2nc(CCC3CCNCC3)cc(=O)n2[nH]1. The summed E-state index contributed by atoms with van der Waals surface area (Å²) >= 11 is 0. The first-order chi connectivity index (χ1) is 9.22. The molecule has 0 atom stereocenters. The Morgan fingerprint density at radius 3 is 2.95 bits per heavy atom. The highest BCUT2D eigenvalue weighted by atomic mass is 16.1. The van der Waals surface area contributed by atoms with Crippen LogP contribution in [0.3, 0.4) is 0 Å². The molecule has 3 heterocycles. The number of nitrogens with zero attached hydrogens (tertiary/aromatic N) is 3. The van der Waals surface area contributed by atoms with Crippen LogP contribution in [-0.2, 0) is 6.42 Å². The van der Waals surface area contributed by atoms with Crippen LogP contribution in [0, 0.1) is 12.8 Å². The van der Waals surface area contributed by atoms with E-state index in [1.165, 1.54) is 17.4 Å². The molecule has 2 aromatic rings. The van der Waals surface area contributed by atoms with Crippen LogP contribution in [-0.4, -0.2) is 32.7 Å². The molecular weight excluding hydrogens is 242 g/mol. The lowest BCUT2D eigenvalue weighted by atomic mass is 9.92. The van der Waals surface area contributed by atoms with Gasteiger partial charge in [0.1, 0.15) is 5.82 Å². The quantitative estimate of drug-likeness (QED) is 0.851. The van der Waals surface area contributed by atoms with Crippen LogP contribution in [0.15, 0.2) is 10.9 Å². The number of aromatic nitrogens is 4. The van der Waals surface area contributed by atoms with E-state index in [-0.39, 0.29) is 5.56 Å². The number of rotatable bonds is 3. The molecule has 0 saturated carbocycles. The van der Waals surface area contributed by atoms with Gasteiger partial charge >= 0.3 is 0 Å². The Morgan fingerprint density at radius 1 is 1.37 bits per heavy atom. The Kier molecular flexibility index (Phi) is 3.33. The van der Waals surface area contributed by atoms with Gasteiger partial charge in [0.2, 0.25) is 0 Å². The highest BCUT2D eigenvalue weighted by Gasteiger charge is 2.14. The number of piperidine rings is 1. The third kappa shape index (κ3) is 2.68. The summed E-state index contributed by atoms with van der Waals surface area (Å²) in [5.74, 6) is 1.94. The zero-order valence-electron chi connectivity index (χ0n) is 11.1. The third-order valence-electron chi connectivity index (χ3n) is 3.76. The molecule has 102 valence electrons. The smallest absolute Gasteiger partial charge is 0.274 e. The number of hydrogen-bond donors (Lipinski definition) is 2. The average Bonchev–Trinajstić information content (AvgIpc) is 2.79. The van der Waals surface area contributed by atoms with Crippen LogP contribution in [0.2, 0.25) is 0 Å². The maximum Gasteiger partial charge on any atom is 0.274 e. The maximum absolute atomic E-state index is 11.9. The summed E-state index contributed by atoms with van der Waals surface area (Å²) in [6.45, 7) is 4.04. The summed E-state index contributed by atoms with van der Waals surface area (Å²) in [5.41, 5.74) is 0.779. The number of nitrogens with one attached hydrogen (secondary N) is 2. The first-order valence-electron chi connectivity index (χ1n) is 6.88. The van der Waals surface area contributed by atoms with E-state index in [9.17, 15) is 4.79 Å². The predicted molar refractivity (Wildman–Crippen MR) is 72.3 cm³/mol. The second kappa shape index (κ2) is 5.13. The second-order valence-corrected chi connectivity index (χ2v) is 5.26. The fourth-order valence-corrected chi connectivity index (χ4v) is 2.68. The van der Waals surface area contributed by atoms with Crippen molar-refractivity contribution in [3.63, 3.8) is 0 Å². The summed E-state index contributed by atoms with van der Waals surface area (Å²) in [7, 11) is 0. The molecule has 0 amide bonds. The van der Waals surface area contributed by atoms with Gasteiger partial charge in [-0.2, -0.15) is 9.50 Å². The molecule has 0 bridgehead atoms. The summed E-state index contributed by atoms with van der Waals surface area (Å²) < 4.78 is 1.39. The van der Waals surface area contributed by atoms with Crippen molar-refractivity contribution in [3.8, 4) is 0 Å².